The van der Waals surface area contributed by atoms with Crippen LogP contribution in [0.15, 0.2) is 217 Å². The van der Waals surface area contributed by atoms with E-state index in [1.54, 1.807) is 0 Å². The van der Waals surface area contributed by atoms with Crippen molar-refractivity contribution >= 4 is 82.1 Å². The van der Waals surface area contributed by atoms with Gasteiger partial charge in [-0.3, -0.25) is 0 Å². The average molecular weight is 804 g/mol. The molecule has 1 heterocycles. The van der Waals surface area contributed by atoms with E-state index in [1.807, 2.05) is 0 Å². The summed E-state index contributed by atoms with van der Waals surface area (Å²) in [4.78, 5) is 2.41. The number of anilines is 3. The van der Waals surface area contributed by atoms with Crippen LogP contribution in [0.3, 0.4) is 0 Å². The first-order valence-electron chi connectivity index (χ1n) is 21.9. The van der Waals surface area contributed by atoms with Gasteiger partial charge in [-0.05, 0) is 131 Å². The Kier molecular flexibility index (Phi) is 7.68. The van der Waals surface area contributed by atoms with E-state index in [0.717, 1.165) is 50.1 Å². The van der Waals surface area contributed by atoms with E-state index in [-0.39, 0.29) is 5.41 Å². The number of fused-ring (bicyclic) bond motifs is 13. The third-order valence-corrected chi connectivity index (χ3v) is 13.8. The molecular weight excluding hydrogens is 763 g/mol. The lowest BCUT2D eigenvalue weighted by Crippen LogP contribution is -2.16. The minimum absolute atomic E-state index is 0.125. The SMILES string of the molecule is CC1(C)c2ccccc2-c2ccc(N(c3ccccc3)c3cccc4oc5c(-c6ccc(-c7ccc8c9ccccc9c9ccccc9c8c7)cc6)c6ccccc6cc5c34)cc21. The van der Waals surface area contributed by atoms with Gasteiger partial charge in [0, 0.05) is 27.7 Å². The van der Waals surface area contributed by atoms with E-state index < -0.39 is 0 Å². The predicted octanol–water partition coefficient (Wildman–Crippen LogP) is 17.3. The average Bonchev–Trinajstić information content (AvgIpc) is 3.82. The van der Waals surface area contributed by atoms with Crippen LogP contribution in [0.1, 0.15) is 25.0 Å². The molecular formula is C61H41NO. The van der Waals surface area contributed by atoms with Gasteiger partial charge in [0.05, 0.1) is 11.1 Å². The number of benzene rings is 11. The number of para-hydroxylation sites is 1. The molecule has 63 heavy (non-hydrogen) atoms. The first-order chi connectivity index (χ1) is 31.0. The van der Waals surface area contributed by atoms with E-state index in [2.05, 4.69) is 231 Å². The molecule has 0 saturated heterocycles. The van der Waals surface area contributed by atoms with E-state index in [0.29, 0.717) is 0 Å². The smallest absolute Gasteiger partial charge is 0.143 e. The summed E-state index contributed by atoms with van der Waals surface area (Å²) in [5, 5.41) is 12.3. The fourth-order valence-electron chi connectivity index (χ4n) is 10.8. The molecule has 0 N–H and O–H groups in total. The maximum atomic E-state index is 7.07. The Morgan fingerprint density at radius 1 is 0.381 bits per heavy atom. The third kappa shape index (κ3) is 5.31. The summed E-state index contributed by atoms with van der Waals surface area (Å²) in [7, 11) is 0. The molecule has 1 aromatic heterocycles. The van der Waals surface area contributed by atoms with Crippen molar-refractivity contribution in [3.63, 3.8) is 0 Å². The monoisotopic (exact) mass is 803 g/mol. The lowest BCUT2D eigenvalue weighted by Gasteiger charge is -2.28. The highest BCUT2D eigenvalue weighted by Crippen LogP contribution is 2.52. The quantitative estimate of drug-likeness (QED) is 0.161. The van der Waals surface area contributed by atoms with Gasteiger partial charge in [-0.1, -0.05) is 178 Å². The molecule has 2 nitrogen and oxygen atoms in total. The molecule has 0 bridgehead atoms. The van der Waals surface area contributed by atoms with Crippen molar-refractivity contribution in [2.75, 3.05) is 4.90 Å². The van der Waals surface area contributed by atoms with Crippen LogP contribution in [-0.4, -0.2) is 0 Å². The predicted molar refractivity (Wildman–Crippen MR) is 267 cm³/mol. The maximum Gasteiger partial charge on any atom is 0.143 e. The van der Waals surface area contributed by atoms with Crippen LogP contribution in [0.4, 0.5) is 17.1 Å². The molecule has 1 aliphatic rings. The molecule has 0 saturated carbocycles. The number of nitrogens with zero attached hydrogens (tertiary/aromatic N) is 1. The fraction of sp³-hybridized carbons (Fsp3) is 0.0492. The molecule has 0 fully saturated rings. The second-order valence-corrected chi connectivity index (χ2v) is 17.6. The minimum atomic E-state index is -0.125. The summed E-state index contributed by atoms with van der Waals surface area (Å²) < 4.78 is 7.07. The van der Waals surface area contributed by atoms with Crippen molar-refractivity contribution < 1.29 is 4.42 Å². The summed E-state index contributed by atoms with van der Waals surface area (Å²) in [5.41, 5.74) is 14.9. The van der Waals surface area contributed by atoms with Crippen molar-refractivity contribution in [1.82, 2.24) is 0 Å². The van der Waals surface area contributed by atoms with Gasteiger partial charge in [0.25, 0.3) is 0 Å². The second kappa shape index (κ2) is 13.5. The van der Waals surface area contributed by atoms with Crippen LogP contribution in [0, 0.1) is 0 Å². The molecule has 12 aromatic rings. The molecule has 0 radical (unpaired) electrons. The van der Waals surface area contributed by atoms with E-state index in [1.165, 1.54) is 76.5 Å². The fourth-order valence-corrected chi connectivity index (χ4v) is 10.8. The molecule has 296 valence electrons. The van der Waals surface area contributed by atoms with Gasteiger partial charge >= 0.3 is 0 Å². The van der Waals surface area contributed by atoms with Crippen molar-refractivity contribution in [2.24, 2.45) is 0 Å². The van der Waals surface area contributed by atoms with Gasteiger partial charge in [-0.15, -0.1) is 0 Å². The molecule has 0 unspecified atom stereocenters. The van der Waals surface area contributed by atoms with Gasteiger partial charge in [-0.25, -0.2) is 0 Å². The Morgan fingerprint density at radius 2 is 0.984 bits per heavy atom. The maximum absolute atomic E-state index is 7.07. The largest absolute Gasteiger partial charge is 0.455 e. The van der Waals surface area contributed by atoms with Crippen LogP contribution in [0.2, 0.25) is 0 Å². The highest BCUT2D eigenvalue weighted by atomic mass is 16.3. The summed E-state index contributed by atoms with van der Waals surface area (Å²) in [6.07, 6.45) is 0. The van der Waals surface area contributed by atoms with Crippen molar-refractivity contribution in [1.29, 1.82) is 0 Å². The van der Waals surface area contributed by atoms with Crippen LogP contribution in [-0.2, 0) is 5.41 Å². The minimum Gasteiger partial charge on any atom is -0.455 e. The zero-order chi connectivity index (χ0) is 41.8. The standard InChI is InChI=1S/C61H41NO/c1-61(2)54-24-13-12-23-50(54)51-34-32-43(37-55(51)61)62(42-16-4-3-5-17-42)56-25-14-26-57-59(56)53-36-41-15-6-7-18-44(41)58(60(53)63-57)39-29-27-38(28-30-39)40-31-33-49-47-21-9-8-19-45(47)46-20-10-11-22-48(46)52(49)35-40/h3-37H,1-2H3. The highest BCUT2D eigenvalue weighted by Gasteiger charge is 2.36. The van der Waals surface area contributed by atoms with Crippen molar-refractivity contribution in [3.05, 3.63) is 223 Å². The molecule has 13 rings (SSSR count). The van der Waals surface area contributed by atoms with Crippen molar-refractivity contribution in [2.45, 2.75) is 19.3 Å². The third-order valence-electron chi connectivity index (χ3n) is 13.8. The molecule has 0 aliphatic heterocycles. The summed E-state index contributed by atoms with van der Waals surface area (Å²) in [5.74, 6) is 0. The molecule has 0 atom stereocenters. The van der Waals surface area contributed by atoms with Gasteiger partial charge in [0.15, 0.2) is 0 Å². The zero-order valence-electron chi connectivity index (χ0n) is 35.1. The summed E-state index contributed by atoms with van der Waals surface area (Å²) in [6, 6.07) is 77.8. The molecule has 0 amide bonds. The normalized spacial score (nSPS) is 13.0. The van der Waals surface area contributed by atoms with Gasteiger partial charge < -0.3 is 9.32 Å². The van der Waals surface area contributed by atoms with Gasteiger partial charge in [-0.2, -0.15) is 0 Å². The van der Waals surface area contributed by atoms with Crippen LogP contribution >= 0.6 is 0 Å². The number of furan rings is 1. The number of hydrogen-bond donors (Lipinski definition) is 0. The Bertz CT molecular complexity index is 3780. The Morgan fingerprint density at radius 3 is 1.75 bits per heavy atom. The molecule has 1 aliphatic carbocycles. The van der Waals surface area contributed by atoms with E-state index in [9.17, 15) is 0 Å². The molecule has 11 aromatic carbocycles. The molecule has 0 spiro atoms. The lowest BCUT2D eigenvalue weighted by atomic mass is 9.82. The Balaban J connectivity index is 0.981. The Labute approximate surface area is 365 Å². The lowest BCUT2D eigenvalue weighted by molar-refractivity contribution is 0.660. The van der Waals surface area contributed by atoms with Crippen LogP contribution in [0.25, 0.3) is 98.4 Å². The summed E-state index contributed by atoms with van der Waals surface area (Å²) in [6.45, 7) is 4.70. The first-order valence-corrected chi connectivity index (χ1v) is 21.9. The number of hydrogen-bond acceptors (Lipinski definition) is 2. The Hall–Kier alpha value is -7.94. The first kappa shape index (κ1) is 35.8. The van der Waals surface area contributed by atoms with Crippen LogP contribution < -0.4 is 4.90 Å². The van der Waals surface area contributed by atoms with Crippen LogP contribution in [0.5, 0.6) is 0 Å². The topological polar surface area (TPSA) is 16.4 Å². The van der Waals surface area contributed by atoms with E-state index >= 15 is 0 Å². The summed E-state index contributed by atoms with van der Waals surface area (Å²) >= 11 is 0. The molecule has 2 heteroatoms. The highest BCUT2D eigenvalue weighted by molar-refractivity contribution is 6.26. The van der Waals surface area contributed by atoms with E-state index in [4.69, 9.17) is 4.42 Å². The zero-order valence-corrected chi connectivity index (χ0v) is 35.1. The second-order valence-electron chi connectivity index (χ2n) is 17.6. The number of rotatable bonds is 5. The van der Waals surface area contributed by atoms with Gasteiger partial charge in [0.1, 0.15) is 11.2 Å². The van der Waals surface area contributed by atoms with Gasteiger partial charge in [0.2, 0.25) is 0 Å². The van der Waals surface area contributed by atoms with Crippen molar-refractivity contribution in [3.8, 4) is 33.4 Å².